The number of aldehydes is 2. The second-order valence-electron chi connectivity index (χ2n) is 16.0. The van der Waals surface area contributed by atoms with Crippen molar-refractivity contribution in [1.29, 1.82) is 5.26 Å². The van der Waals surface area contributed by atoms with Crippen LogP contribution < -0.4 is 34.2 Å². The van der Waals surface area contributed by atoms with Gasteiger partial charge in [-0.2, -0.15) is 5.26 Å². The largest absolute Gasteiger partial charge is 0.504 e. The average Bonchev–Trinajstić information content (AvgIpc) is 4.27. The first-order chi connectivity index (χ1) is 38.3. The highest BCUT2D eigenvalue weighted by Gasteiger charge is 2.29. The molecule has 0 radical (unpaired) electrons. The Bertz CT molecular complexity index is 3170. The summed E-state index contributed by atoms with van der Waals surface area (Å²) in [4.78, 5) is 20.8. The third-order valence-electron chi connectivity index (χ3n) is 11.5. The molecule has 0 bridgehead atoms. The van der Waals surface area contributed by atoms with E-state index >= 15 is 0 Å². The zero-order valence-corrected chi connectivity index (χ0v) is 50.1. The van der Waals surface area contributed by atoms with Gasteiger partial charge in [-0.3, -0.25) is 4.79 Å². The Morgan fingerprint density at radius 3 is 1.43 bits per heavy atom. The van der Waals surface area contributed by atoms with Gasteiger partial charge in [-0.1, -0.05) is 0 Å². The predicted octanol–water partition coefficient (Wildman–Crippen LogP) is 13.3. The molecule has 24 heteroatoms. The number of hydrogen-bond donors (Lipinski definition) is 1. The molecule has 3 atom stereocenters. The van der Waals surface area contributed by atoms with Crippen molar-refractivity contribution >= 4 is 82.4 Å². The first-order valence-electron chi connectivity index (χ1n) is 23.3. The van der Waals surface area contributed by atoms with E-state index in [0.29, 0.717) is 102 Å². The fourth-order valence-electron chi connectivity index (χ4n) is 7.45. The molecule has 0 amide bonds. The van der Waals surface area contributed by atoms with E-state index in [0.717, 1.165) is 11.1 Å². The molecule has 80 heavy (non-hydrogen) atoms. The molecule has 428 valence electrons. The van der Waals surface area contributed by atoms with Crippen LogP contribution in [0.15, 0.2) is 96.9 Å². The Balaban J connectivity index is 0.000000207. The van der Waals surface area contributed by atoms with Crippen molar-refractivity contribution in [3.63, 3.8) is 0 Å². The zero-order chi connectivity index (χ0) is 59.2. The number of hydrogen-bond acceptors (Lipinski definition) is 14. The third kappa shape index (κ3) is 17.2. The van der Waals surface area contributed by atoms with Gasteiger partial charge in [-0.15, -0.1) is 0 Å². The molecule has 0 saturated carbocycles. The number of benzene rings is 6. The van der Waals surface area contributed by atoms with Gasteiger partial charge in [0.15, 0.2) is 6.29 Å². The van der Waals surface area contributed by atoms with Crippen molar-refractivity contribution in [3.8, 4) is 40.6 Å². The first-order valence-corrected chi connectivity index (χ1v) is 26.4. The van der Waals surface area contributed by atoms with Gasteiger partial charge in [-0.25, -0.2) is 26.3 Å². The lowest BCUT2D eigenvalue weighted by molar-refractivity contribution is -0.107. The van der Waals surface area contributed by atoms with Crippen LogP contribution in [0.25, 0.3) is 6.08 Å². The molecule has 14 nitrogen and oxygen atoms in total. The number of carbonyl (C=O) groups excluding carboxylic acids is 2. The molecule has 0 spiro atoms. The number of nitrogens with two attached hydrogens (primary N) is 1. The van der Waals surface area contributed by atoms with Gasteiger partial charge < -0.3 is 57.9 Å². The van der Waals surface area contributed by atoms with E-state index in [-0.39, 0.29) is 58.6 Å². The highest BCUT2D eigenvalue weighted by molar-refractivity contribution is 9.11. The van der Waals surface area contributed by atoms with E-state index in [4.69, 9.17) is 58.4 Å². The van der Waals surface area contributed by atoms with Crippen LogP contribution >= 0.6 is 63.7 Å². The van der Waals surface area contributed by atoms with Gasteiger partial charge in [0.2, 0.25) is 18.9 Å². The lowest BCUT2D eigenvalue weighted by Gasteiger charge is -2.08. The highest BCUT2D eigenvalue weighted by Crippen LogP contribution is 2.38. The maximum absolute atomic E-state index is 13.3. The fraction of sp³-hybridized carbons (Fsp3) is 0.268. The number of halogens is 10. The summed E-state index contributed by atoms with van der Waals surface area (Å²) in [7, 11) is 10.6. The molecule has 9 rings (SSSR count). The minimum atomic E-state index is -0.508. The molecule has 0 aromatic heterocycles. The molecule has 0 aliphatic carbocycles. The van der Waals surface area contributed by atoms with E-state index in [1.165, 1.54) is 96.4 Å². The minimum absolute atomic E-state index is 0.0575. The molecule has 3 unspecified atom stereocenters. The summed E-state index contributed by atoms with van der Waals surface area (Å²) >= 11 is 12.3. The van der Waals surface area contributed by atoms with Gasteiger partial charge in [0.25, 0.3) is 0 Å². The molecule has 3 heterocycles. The van der Waals surface area contributed by atoms with E-state index < -0.39 is 23.7 Å². The SMILES string of the molecule is CO/C=C/c1c(OC)ccc(F)c1Br.COC1Cc2c(ccc(F)c2Br)O1.COC1Cc2c(ccc(F)c2C#N)O1.COC1Cc2c(ccc(F)c2CN)O1.COc1ccc(F)c(Br)c1C=O.COc1ccc(F)c(Br)c1CC=O. The van der Waals surface area contributed by atoms with Gasteiger partial charge in [-0.05, 0) is 143 Å². The molecule has 0 fully saturated rings. The Kier molecular flexibility index (Phi) is 27.3. The number of nitriles is 1. The summed E-state index contributed by atoms with van der Waals surface area (Å²) in [6, 6.07) is 18.9. The Hall–Kier alpha value is -6.17. The summed E-state index contributed by atoms with van der Waals surface area (Å²) < 4.78 is 131. The smallest absolute Gasteiger partial charge is 0.203 e. The molecular weight excluding hydrogens is 1330 g/mol. The van der Waals surface area contributed by atoms with Gasteiger partial charge in [0, 0.05) is 86.9 Å². The van der Waals surface area contributed by atoms with E-state index in [2.05, 4.69) is 63.7 Å². The molecule has 6 aromatic rings. The van der Waals surface area contributed by atoms with Gasteiger partial charge in [0.05, 0.1) is 63.7 Å². The van der Waals surface area contributed by atoms with Gasteiger partial charge >= 0.3 is 0 Å². The van der Waals surface area contributed by atoms with Crippen molar-refractivity contribution in [1.82, 2.24) is 0 Å². The lowest BCUT2D eigenvalue weighted by atomic mass is 10.0. The first kappa shape index (κ1) is 66.3. The third-order valence-corrected chi connectivity index (χ3v) is 14.8. The Labute approximate surface area is 491 Å². The van der Waals surface area contributed by atoms with E-state index in [9.17, 15) is 35.9 Å². The van der Waals surface area contributed by atoms with Gasteiger partial charge in [0.1, 0.15) is 81.8 Å². The normalized spacial score (nSPS) is 14.7. The number of carbonyl (C=O) groups is 2. The number of ether oxygens (including phenoxy) is 10. The van der Waals surface area contributed by atoms with Crippen molar-refractivity contribution in [2.75, 3.05) is 49.8 Å². The standard InChI is InChI=1S/C10H10BrFO2.C10H12FNO2.C10H8FNO2.2C9H8BrFO2.C8H6BrFO2/c1-13-6-5-7-9(14-2)4-3-8(12)10(7)11;2*1-13-10-4-6-7(5-12)8(11)2-3-9(6)14-10;1-12-8-4-5-7(13-8)3-2-6(11)9(5)10;1-13-8-3-2-7(11)9(10)6(8)4-5-12;1-12-7-3-2-6(10)8(9)5(7)4-11/h3-6H,1-2H3;2-3,10H,4-5,12H2,1H3;2-3,10H,4H2,1H3;2-3,8H,4H2,1H3;2-3,5H,4H2,1H3;2-4H,1H3/b6-5+;;;;;. The quantitative estimate of drug-likeness (QED) is 0.0695. The van der Waals surface area contributed by atoms with Crippen LogP contribution in [0.3, 0.4) is 0 Å². The summed E-state index contributed by atoms with van der Waals surface area (Å²) in [6.45, 7) is 0.189. The summed E-state index contributed by atoms with van der Waals surface area (Å²) in [6.07, 6.45) is 5.07. The van der Waals surface area contributed by atoms with E-state index in [1.807, 2.05) is 6.07 Å². The van der Waals surface area contributed by atoms with Crippen molar-refractivity contribution in [2.45, 2.75) is 51.1 Å². The van der Waals surface area contributed by atoms with E-state index in [1.54, 1.807) is 38.5 Å². The topological polar surface area (TPSA) is 176 Å². The van der Waals surface area contributed by atoms with Crippen LogP contribution in [0.4, 0.5) is 26.3 Å². The van der Waals surface area contributed by atoms with Crippen LogP contribution in [0.2, 0.25) is 0 Å². The molecule has 0 saturated heterocycles. The summed E-state index contributed by atoms with van der Waals surface area (Å²) in [5.41, 5.74) is 9.68. The Morgan fingerprint density at radius 2 is 0.950 bits per heavy atom. The second-order valence-corrected chi connectivity index (χ2v) is 19.2. The monoisotopic (exact) mass is 1370 g/mol. The molecular formula is C56H52Br4F6N2O12. The summed E-state index contributed by atoms with van der Waals surface area (Å²) in [5, 5.41) is 8.76. The molecule has 3 aliphatic rings. The van der Waals surface area contributed by atoms with Crippen LogP contribution in [-0.4, -0.2) is 81.2 Å². The predicted molar refractivity (Wildman–Crippen MR) is 298 cm³/mol. The number of methoxy groups -OCH3 is 7. The molecule has 3 aliphatic heterocycles. The van der Waals surface area contributed by atoms with Crippen LogP contribution in [0.1, 0.15) is 49.3 Å². The fourth-order valence-corrected chi connectivity index (χ4v) is 9.31. The number of fused-ring (bicyclic) bond motifs is 3. The molecule has 6 aromatic carbocycles. The Morgan fingerprint density at radius 1 is 0.537 bits per heavy atom. The van der Waals surface area contributed by atoms with Crippen molar-refractivity contribution in [2.24, 2.45) is 5.73 Å². The zero-order valence-electron chi connectivity index (χ0n) is 43.7. The second kappa shape index (κ2) is 32.9. The number of nitrogens with zero attached hydrogens (tertiary/aromatic N) is 1. The average molecular weight is 1380 g/mol. The maximum Gasteiger partial charge on any atom is 0.203 e. The number of rotatable bonds is 12. The van der Waals surface area contributed by atoms with Crippen molar-refractivity contribution < 1.29 is 83.3 Å². The minimum Gasteiger partial charge on any atom is -0.504 e. The highest BCUT2D eigenvalue weighted by atomic mass is 79.9. The van der Waals surface area contributed by atoms with Crippen LogP contribution in [0, 0.1) is 46.2 Å². The van der Waals surface area contributed by atoms with Crippen LogP contribution in [-0.2, 0) is 56.0 Å². The molecule has 2 N–H and O–H groups in total. The summed E-state index contributed by atoms with van der Waals surface area (Å²) in [5.74, 6) is 1.13. The van der Waals surface area contributed by atoms with Crippen LogP contribution in [0.5, 0.6) is 34.5 Å². The maximum atomic E-state index is 13.3. The van der Waals surface area contributed by atoms with Crippen molar-refractivity contribution in [3.05, 3.63) is 176 Å². The lowest BCUT2D eigenvalue weighted by Crippen LogP contribution is -2.14.